The van der Waals surface area contributed by atoms with Crippen molar-refractivity contribution in [3.8, 4) is 21.1 Å². The number of hydrogen-bond acceptors (Lipinski definition) is 4. The van der Waals surface area contributed by atoms with E-state index >= 15 is 0 Å². The normalized spacial score (nSPS) is 12.6. The van der Waals surface area contributed by atoms with Gasteiger partial charge in [0.25, 0.3) is 0 Å². The largest absolute Gasteiger partial charge is 0.215 e. The first kappa shape index (κ1) is 19.3. The molecule has 0 spiro atoms. The Bertz CT molecular complexity index is 984. The molecule has 4 rings (SSSR count). The van der Waals surface area contributed by atoms with Crippen molar-refractivity contribution in [1.29, 1.82) is 0 Å². The monoisotopic (exact) mass is 406 g/mol. The van der Waals surface area contributed by atoms with Gasteiger partial charge in [0.2, 0.25) is 0 Å². The van der Waals surface area contributed by atoms with Crippen molar-refractivity contribution < 1.29 is 0 Å². The van der Waals surface area contributed by atoms with Gasteiger partial charge >= 0.3 is 0 Å². The molecule has 0 fully saturated rings. The Morgan fingerprint density at radius 2 is 0.929 bits per heavy atom. The average molecular weight is 407 g/mol. The molecular formula is C24H26N2S2. The van der Waals surface area contributed by atoms with Gasteiger partial charge in [-0.15, -0.1) is 22.7 Å². The van der Waals surface area contributed by atoms with E-state index < -0.39 is 0 Å². The summed E-state index contributed by atoms with van der Waals surface area (Å²) in [4.78, 5) is 9.59. The van der Waals surface area contributed by atoms with Gasteiger partial charge in [-0.3, -0.25) is 0 Å². The number of benzene rings is 2. The van der Waals surface area contributed by atoms with Crippen molar-refractivity contribution in [2.45, 2.75) is 52.4 Å². The zero-order valence-corrected chi connectivity index (χ0v) is 19.0. The van der Waals surface area contributed by atoms with Crippen LogP contribution in [0.25, 0.3) is 30.8 Å². The van der Waals surface area contributed by atoms with Crippen molar-refractivity contribution in [3.63, 3.8) is 0 Å². The molecule has 0 N–H and O–H groups in total. The third-order valence-corrected chi connectivity index (χ3v) is 7.25. The van der Waals surface area contributed by atoms with Gasteiger partial charge < -0.3 is 0 Å². The van der Waals surface area contributed by atoms with E-state index in [1.54, 1.807) is 22.7 Å². The van der Waals surface area contributed by atoms with Gasteiger partial charge in [-0.1, -0.05) is 90.1 Å². The molecule has 0 atom stereocenters. The Balaban J connectivity index is 1.61. The minimum Gasteiger partial charge on any atom is -0.215 e. The molecule has 0 unspecified atom stereocenters. The standard InChI is InChI=1S/C24H26N2S2/c1-23(2,3)17-11-7-15(8-12-17)20-25-19-22(27-20)28-21(26-19)16-9-13-18(14-10-16)24(4,5)6/h7-14H,1-6H3. The first-order valence-electron chi connectivity index (χ1n) is 9.60. The minimum absolute atomic E-state index is 0.167. The van der Waals surface area contributed by atoms with Crippen molar-refractivity contribution in [2.75, 3.05) is 0 Å². The maximum Gasteiger partial charge on any atom is 0.182 e. The van der Waals surface area contributed by atoms with Crippen LogP contribution in [0.2, 0.25) is 0 Å². The maximum absolute atomic E-state index is 4.80. The van der Waals surface area contributed by atoms with E-state index in [4.69, 9.17) is 9.97 Å². The molecule has 4 aromatic rings. The summed E-state index contributed by atoms with van der Waals surface area (Å²) in [6, 6.07) is 17.5. The van der Waals surface area contributed by atoms with Crippen LogP contribution >= 0.6 is 22.7 Å². The van der Waals surface area contributed by atoms with E-state index in [-0.39, 0.29) is 10.8 Å². The number of aromatic nitrogens is 2. The first-order valence-corrected chi connectivity index (χ1v) is 11.2. The SMILES string of the molecule is CC(C)(C)c1ccc(-c2nc3nc(-c4ccc(C(C)(C)C)cc4)sc3s2)cc1. The highest BCUT2D eigenvalue weighted by Crippen LogP contribution is 2.38. The van der Waals surface area contributed by atoms with Gasteiger partial charge in [0, 0.05) is 11.1 Å². The topological polar surface area (TPSA) is 25.8 Å². The maximum atomic E-state index is 4.80. The van der Waals surface area contributed by atoms with Crippen LogP contribution in [-0.2, 0) is 10.8 Å². The first-order chi connectivity index (χ1) is 13.1. The van der Waals surface area contributed by atoms with Gasteiger partial charge in [-0.2, -0.15) is 0 Å². The van der Waals surface area contributed by atoms with Gasteiger partial charge in [-0.05, 0) is 22.0 Å². The molecule has 0 bridgehead atoms. The fourth-order valence-electron chi connectivity index (χ4n) is 3.11. The molecule has 2 nitrogen and oxygen atoms in total. The van der Waals surface area contributed by atoms with Crippen LogP contribution in [0.5, 0.6) is 0 Å². The van der Waals surface area contributed by atoms with E-state index in [2.05, 4.69) is 90.1 Å². The van der Waals surface area contributed by atoms with Gasteiger partial charge in [0.05, 0.1) is 0 Å². The summed E-state index contributed by atoms with van der Waals surface area (Å²) in [5, 5.41) is 2.09. The van der Waals surface area contributed by atoms with E-state index in [1.165, 1.54) is 26.3 Å². The lowest BCUT2D eigenvalue weighted by Crippen LogP contribution is -2.10. The molecule has 144 valence electrons. The van der Waals surface area contributed by atoms with Crippen LogP contribution in [-0.4, -0.2) is 9.97 Å². The fourth-order valence-corrected chi connectivity index (χ4v) is 5.24. The zero-order valence-electron chi connectivity index (χ0n) is 17.3. The molecule has 28 heavy (non-hydrogen) atoms. The highest BCUT2D eigenvalue weighted by molar-refractivity contribution is 7.40. The summed E-state index contributed by atoms with van der Waals surface area (Å²) >= 11 is 3.46. The third kappa shape index (κ3) is 3.76. The van der Waals surface area contributed by atoms with Crippen molar-refractivity contribution in [3.05, 3.63) is 59.7 Å². The molecule has 0 aliphatic carbocycles. The smallest absolute Gasteiger partial charge is 0.182 e. The second-order valence-corrected chi connectivity index (χ2v) is 11.6. The van der Waals surface area contributed by atoms with Gasteiger partial charge in [0.15, 0.2) is 5.65 Å². The Kier molecular flexibility index (Phi) is 4.67. The second-order valence-electron chi connectivity index (χ2n) is 9.30. The molecule has 2 aromatic heterocycles. The predicted molar refractivity (Wildman–Crippen MR) is 124 cm³/mol. The summed E-state index contributed by atoms with van der Waals surface area (Å²) in [5.74, 6) is 0. The molecule has 2 heterocycles. The van der Waals surface area contributed by atoms with Gasteiger partial charge in [-0.25, -0.2) is 9.97 Å². The number of thiazole rings is 2. The van der Waals surface area contributed by atoms with Crippen LogP contribution in [0.1, 0.15) is 52.7 Å². The molecule has 4 heteroatoms. The summed E-state index contributed by atoms with van der Waals surface area (Å²) in [7, 11) is 0. The summed E-state index contributed by atoms with van der Waals surface area (Å²) in [5.41, 5.74) is 6.21. The predicted octanol–water partition coefficient (Wildman–Crippen LogP) is 7.68. The number of nitrogens with zero attached hydrogens (tertiary/aromatic N) is 2. The number of fused-ring (bicyclic) bond motifs is 1. The summed E-state index contributed by atoms with van der Waals surface area (Å²) < 4.78 is 1.18. The molecule has 0 aliphatic rings. The average Bonchev–Trinajstić information content (AvgIpc) is 3.19. The Hall–Kier alpha value is -2.04. The lowest BCUT2D eigenvalue weighted by Gasteiger charge is -2.18. The van der Waals surface area contributed by atoms with E-state index in [0.717, 1.165) is 15.7 Å². The minimum atomic E-state index is 0.167. The molecule has 0 aliphatic heterocycles. The Morgan fingerprint density at radius 3 is 1.21 bits per heavy atom. The molecule has 0 saturated heterocycles. The van der Waals surface area contributed by atoms with E-state index in [9.17, 15) is 0 Å². The van der Waals surface area contributed by atoms with E-state index in [1.807, 2.05) is 0 Å². The van der Waals surface area contributed by atoms with Crippen molar-refractivity contribution >= 4 is 32.3 Å². The quantitative estimate of drug-likeness (QED) is 0.341. The van der Waals surface area contributed by atoms with Crippen LogP contribution in [0.15, 0.2) is 48.5 Å². The highest BCUT2D eigenvalue weighted by Gasteiger charge is 2.17. The molecule has 0 radical (unpaired) electrons. The lowest BCUT2D eigenvalue weighted by atomic mass is 9.87. The molecule has 0 saturated carbocycles. The number of hydrogen-bond donors (Lipinski definition) is 0. The Labute approximate surface area is 175 Å². The van der Waals surface area contributed by atoms with Crippen LogP contribution in [0, 0.1) is 0 Å². The molecule has 0 amide bonds. The molecular weight excluding hydrogens is 380 g/mol. The van der Waals surface area contributed by atoms with Gasteiger partial charge in [0.1, 0.15) is 14.0 Å². The van der Waals surface area contributed by atoms with Crippen molar-refractivity contribution in [1.82, 2.24) is 9.97 Å². The van der Waals surface area contributed by atoms with Crippen LogP contribution in [0.4, 0.5) is 0 Å². The fraction of sp³-hybridized carbons (Fsp3) is 0.333. The Morgan fingerprint density at radius 1 is 0.571 bits per heavy atom. The third-order valence-electron chi connectivity index (χ3n) is 4.97. The van der Waals surface area contributed by atoms with Crippen LogP contribution in [0.3, 0.4) is 0 Å². The van der Waals surface area contributed by atoms with Crippen molar-refractivity contribution in [2.24, 2.45) is 0 Å². The summed E-state index contributed by atoms with van der Waals surface area (Å²) in [6.07, 6.45) is 0. The zero-order chi connectivity index (χ0) is 20.1. The van der Waals surface area contributed by atoms with Crippen LogP contribution < -0.4 is 0 Å². The second kappa shape index (κ2) is 6.78. The lowest BCUT2D eigenvalue weighted by molar-refractivity contribution is 0.590. The van der Waals surface area contributed by atoms with E-state index in [0.29, 0.717) is 0 Å². The number of rotatable bonds is 2. The highest BCUT2D eigenvalue weighted by atomic mass is 32.2. The molecule has 2 aromatic carbocycles. The summed E-state index contributed by atoms with van der Waals surface area (Å²) in [6.45, 7) is 13.4.